The molecule has 2 amide bonds. The number of benzene rings is 2. The van der Waals surface area contributed by atoms with Crippen LogP contribution in [0.5, 0.6) is 0 Å². The number of nitrogens with zero attached hydrogens (tertiary/aromatic N) is 2. The van der Waals surface area contributed by atoms with E-state index < -0.39 is 5.82 Å². The van der Waals surface area contributed by atoms with E-state index in [0.717, 1.165) is 25.3 Å². The van der Waals surface area contributed by atoms with Crippen molar-refractivity contribution in [1.29, 1.82) is 5.26 Å². The number of nitriles is 1. The first-order chi connectivity index (χ1) is 13.6. The molecule has 0 radical (unpaired) electrons. The second kappa shape index (κ2) is 9.34. The standard InChI is InChI=1S/C22H24FN3O2/c23-19-14-17(15-24)6-8-20(19)25-22(28)26-12-10-18(11-13-26)21(27)9-7-16-4-2-1-3-5-16/h1-6,8,14,18,21,27H,7,9-13H2,(H,25,28)/t21-/m0/s1. The first kappa shape index (κ1) is 19.8. The second-order valence-electron chi connectivity index (χ2n) is 7.15. The Morgan fingerprint density at radius 1 is 1.25 bits per heavy atom. The fourth-order valence-corrected chi connectivity index (χ4v) is 3.56. The average Bonchev–Trinajstić information content (AvgIpc) is 2.74. The summed E-state index contributed by atoms with van der Waals surface area (Å²) in [5, 5.41) is 21.8. The number of carbonyl (C=O) groups is 1. The number of carbonyl (C=O) groups excluding carboxylic acids is 1. The topological polar surface area (TPSA) is 76.4 Å². The second-order valence-corrected chi connectivity index (χ2v) is 7.15. The van der Waals surface area contributed by atoms with E-state index in [1.165, 1.54) is 17.7 Å². The van der Waals surface area contributed by atoms with Crippen LogP contribution >= 0.6 is 0 Å². The number of amides is 2. The number of rotatable bonds is 5. The Bertz CT molecular complexity index is 843. The molecular formula is C22H24FN3O2. The molecule has 0 aliphatic carbocycles. The normalized spacial score (nSPS) is 15.7. The highest BCUT2D eigenvalue weighted by atomic mass is 19.1. The first-order valence-corrected chi connectivity index (χ1v) is 9.54. The Balaban J connectivity index is 1.46. The van der Waals surface area contributed by atoms with Crippen LogP contribution in [-0.4, -0.2) is 35.2 Å². The van der Waals surface area contributed by atoms with Crippen molar-refractivity contribution in [2.75, 3.05) is 18.4 Å². The summed E-state index contributed by atoms with van der Waals surface area (Å²) in [5.74, 6) is -0.460. The molecular weight excluding hydrogens is 357 g/mol. The maximum Gasteiger partial charge on any atom is 0.321 e. The number of aliphatic hydroxyl groups excluding tert-OH is 1. The molecule has 2 N–H and O–H groups in total. The van der Waals surface area contributed by atoms with Gasteiger partial charge in [-0.2, -0.15) is 5.26 Å². The van der Waals surface area contributed by atoms with Crippen LogP contribution in [0.4, 0.5) is 14.9 Å². The van der Waals surface area contributed by atoms with Gasteiger partial charge in [0.15, 0.2) is 0 Å². The molecule has 1 aliphatic rings. The lowest BCUT2D eigenvalue weighted by molar-refractivity contribution is 0.0626. The molecule has 3 rings (SSSR count). The number of halogens is 1. The molecule has 1 saturated heterocycles. The van der Waals surface area contributed by atoms with Crippen molar-refractivity contribution in [2.24, 2.45) is 5.92 Å². The van der Waals surface area contributed by atoms with Crippen LogP contribution in [0.15, 0.2) is 48.5 Å². The molecule has 0 saturated carbocycles. The number of piperidine rings is 1. The van der Waals surface area contributed by atoms with E-state index in [1.807, 2.05) is 24.3 Å². The number of nitrogens with one attached hydrogen (secondary N) is 1. The molecule has 0 bridgehead atoms. The molecule has 146 valence electrons. The van der Waals surface area contributed by atoms with Crippen molar-refractivity contribution in [1.82, 2.24) is 4.90 Å². The van der Waals surface area contributed by atoms with E-state index in [4.69, 9.17) is 5.26 Å². The molecule has 1 fully saturated rings. The van der Waals surface area contributed by atoms with Crippen molar-refractivity contribution in [3.05, 3.63) is 65.5 Å². The molecule has 2 aromatic rings. The van der Waals surface area contributed by atoms with E-state index in [9.17, 15) is 14.3 Å². The highest BCUT2D eigenvalue weighted by Crippen LogP contribution is 2.24. The zero-order chi connectivity index (χ0) is 19.9. The summed E-state index contributed by atoms with van der Waals surface area (Å²) in [6, 6.07) is 15.5. The van der Waals surface area contributed by atoms with Gasteiger partial charge in [-0.3, -0.25) is 0 Å². The lowest BCUT2D eigenvalue weighted by Crippen LogP contribution is -2.43. The predicted molar refractivity (Wildman–Crippen MR) is 105 cm³/mol. The number of aliphatic hydroxyl groups is 1. The van der Waals surface area contributed by atoms with Crippen molar-refractivity contribution in [2.45, 2.75) is 31.8 Å². The third-order valence-corrected chi connectivity index (χ3v) is 5.28. The number of anilines is 1. The van der Waals surface area contributed by atoms with Gasteiger partial charge in [0.2, 0.25) is 0 Å². The third kappa shape index (κ3) is 5.08. The number of hydrogen-bond acceptors (Lipinski definition) is 3. The molecule has 0 unspecified atom stereocenters. The molecule has 2 aromatic carbocycles. The predicted octanol–water partition coefficient (Wildman–Crippen LogP) is 3.93. The number of likely N-dealkylation sites (tertiary alicyclic amines) is 1. The number of aryl methyl sites for hydroxylation is 1. The Kier molecular flexibility index (Phi) is 6.62. The molecule has 1 aliphatic heterocycles. The Hall–Kier alpha value is -2.91. The molecule has 1 atom stereocenters. The van der Waals surface area contributed by atoms with Gasteiger partial charge in [-0.1, -0.05) is 30.3 Å². The minimum Gasteiger partial charge on any atom is -0.393 e. The van der Waals surface area contributed by atoms with Gasteiger partial charge in [-0.25, -0.2) is 9.18 Å². The molecule has 5 nitrogen and oxygen atoms in total. The fourth-order valence-electron chi connectivity index (χ4n) is 3.56. The molecule has 1 heterocycles. The maximum atomic E-state index is 13.9. The number of hydrogen-bond donors (Lipinski definition) is 2. The lowest BCUT2D eigenvalue weighted by Gasteiger charge is -2.34. The van der Waals surface area contributed by atoms with Crippen LogP contribution in [0, 0.1) is 23.1 Å². The van der Waals surface area contributed by atoms with E-state index >= 15 is 0 Å². The van der Waals surface area contributed by atoms with E-state index in [-0.39, 0.29) is 29.3 Å². The van der Waals surface area contributed by atoms with Gasteiger partial charge in [0, 0.05) is 13.1 Å². The Morgan fingerprint density at radius 3 is 2.61 bits per heavy atom. The zero-order valence-corrected chi connectivity index (χ0v) is 15.6. The van der Waals surface area contributed by atoms with Gasteiger partial charge >= 0.3 is 6.03 Å². The van der Waals surface area contributed by atoms with Crippen LogP contribution in [-0.2, 0) is 6.42 Å². The van der Waals surface area contributed by atoms with Crippen LogP contribution in [0.2, 0.25) is 0 Å². The molecule has 6 heteroatoms. The maximum absolute atomic E-state index is 13.9. The van der Waals surface area contributed by atoms with Crippen molar-refractivity contribution in [3.63, 3.8) is 0 Å². The van der Waals surface area contributed by atoms with Gasteiger partial charge in [-0.05, 0) is 55.4 Å². The minimum atomic E-state index is -0.626. The highest BCUT2D eigenvalue weighted by molar-refractivity contribution is 5.89. The summed E-state index contributed by atoms with van der Waals surface area (Å²) in [7, 11) is 0. The molecule has 0 aromatic heterocycles. The van der Waals surface area contributed by atoms with Gasteiger partial charge in [0.1, 0.15) is 5.82 Å². The lowest BCUT2D eigenvalue weighted by atomic mass is 9.88. The average molecular weight is 381 g/mol. The molecule has 28 heavy (non-hydrogen) atoms. The van der Waals surface area contributed by atoms with Gasteiger partial charge < -0.3 is 15.3 Å². The van der Waals surface area contributed by atoms with Crippen molar-refractivity contribution >= 4 is 11.7 Å². The molecule has 0 spiro atoms. The summed E-state index contributed by atoms with van der Waals surface area (Å²) in [4.78, 5) is 14.0. The van der Waals surface area contributed by atoms with Crippen LogP contribution < -0.4 is 5.32 Å². The Labute approximate surface area is 164 Å². The largest absolute Gasteiger partial charge is 0.393 e. The quantitative estimate of drug-likeness (QED) is 0.824. The van der Waals surface area contributed by atoms with E-state index in [2.05, 4.69) is 17.4 Å². The number of urea groups is 1. The first-order valence-electron chi connectivity index (χ1n) is 9.54. The highest BCUT2D eigenvalue weighted by Gasteiger charge is 2.27. The summed E-state index contributed by atoms with van der Waals surface area (Å²) in [6.07, 6.45) is 2.59. The Morgan fingerprint density at radius 2 is 1.96 bits per heavy atom. The smallest absolute Gasteiger partial charge is 0.321 e. The van der Waals surface area contributed by atoms with Gasteiger partial charge in [0.25, 0.3) is 0 Å². The minimum absolute atomic E-state index is 0.0639. The SMILES string of the molecule is N#Cc1ccc(NC(=O)N2CCC([C@@H](O)CCc3ccccc3)CC2)c(F)c1. The van der Waals surface area contributed by atoms with Crippen LogP contribution in [0.3, 0.4) is 0 Å². The summed E-state index contributed by atoms with van der Waals surface area (Å²) >= 11 is 0. The van der Waals surface area contributed by atoms with Gasteiger partial charge in [0.05, 0.1) is 23.4 Å². The van der Waals surface area contributed by atoms with Crippen LogP contribution in [0.1, 0.15) is 30.4 Å². The van der Waals surface area contributed by atoms with E-state index in [1.54, 1.807) is 4.90 Å². The summed E-state index contributed by atoms with van der Waals surface area (Å²) in [6.45, 7) is 1.05. The van der Waals surface area contributed by atoms with Crippen LogP contribution in [0.25, 0.3) is 0 Å². The van der Waals surface area contributed by atoms with Crippen molar-refractivity contribution < 1.29 is 14.3 Å². The fraction of sp³-hybridized carbons (Fsp3) is 0.364. The zero-order valence-electron chi connectivity index (χ0n) is 15.6. The van der Waals surface area contributed by atoms with Crippen molar-refractivity contribution in [3.8, 4) is 6.07 Å². The monoisotopic (exact) mass is 381 g/mol. The summed E-state index contributed by atoms with van der Waals surface area (Å²) in [5.41, 5.74) is 1.48. The summed E-state index contributed by atoms with van der Waals surface area (Å²) < 4.78 is 13.9. The van der Waals surface area contributed by atoms with E-state index in [0.29, 0.717) is 19.5 Å². The van der Waals surface area contributed by atoms with Gasteiger partial charge in [-0.15, -0.1) is 0 Å². The third-order valence-electron chi connectivity index (χ3n) is 5.28.